The number of anilines is 1. The Balaban J connectivity index is 1.58. The molecule has 0 saturated carbocycles. The van der Waals surface area contributed by atoms with Crippen LogP contribution in [0.4, 0.5) is 5.13 Å². The fraction of sp³-hybridized carbons (Fsp3) is 0.300. The zero-order chi connectivity index (χ0) is 21.3. The largest absolute Gasteiger partial charge is 0.495 e. The Bertz CT molecular complexity index is 1180. The third-order valence-electron chi connectivity index (χ3n) is 4.83. The van der Waals surface area contributed by atoms with Gasteiger partial charge in [-0.3, -0.25) is 10.1 Å². The summed E-state index contributed by atoms with van der Waals surface area (Å²) in [5.41, 5.74) is 0.828. The molecule has 0 unspecified atom stereocenters. The highest BCUT2D eigenvalue weighted by Crippen LogP contribution is 2.31. The van der Waals surface area contributed by atoms with Gasteiger partial charge in [0.15, 0.2) is 10.9 Å². The molecule has 4 rings (SSSR count). The second kappa shape index (κ2) is 8.21. The van der Waals surface area contributed by atoms with E-state index in [1.165, 1.54) is 41.0 Å². The average Bonchev–Trinajstić information content (AvgIpc) is 3.49. The minimum atomic E-state index is -3.74. The minimum Gasteiger partial charge on any atom is -0.495 e. The lowest BCUT2D eigenvalue weighted by molar-refractivity contribution is 0.102. The molecule has 1 fully saturated rings. The van der Waals surface area contributed by atoms with Gasteiger partial charge in [0.1, 0.15) is 22.1 Å². The molecule has 1 aliphatic heterocycles. The van der Waals surface area contributed by atoms with Crippen LogP contribution in [0.25, 0.3) is 11.5 Å². The molecule has 0 bridgehead atoms. The van der Waals surface area contributed by atoms with Crippen LogP contribution in [0.2, 0.25) is 0 Å². The van der Waals surface area contributed by atoms with Gasteiger partial charge in [-0.2, -0.15) is 4.31 Å². The molecule has 0 atom stereocenters. The maximum Gasteiger partial charge on any atom is 0.257 e. The number of hydrogen-bond acceptors (Lipinski definition) is 7. The molecule has 3 aromatic rings. The van der Waals surface area contributed by atoms with Gasteiger partial charge in [0.2, 0.25) is 10.0 Å². The third-order valence-corrected chi connectivity index (χ3v) is 7.50. The Morgan fingerprint density at radius 2 is 2.00 bits per heavy atom. The van der Waals surface area contributed by atoms with Gasteiger partial charge in [-0.05, 0) is 50.1 Å². The first-order valence-electron chi connectivity index (χ1n) is 9.40. The number of carbonyl (C=O) groups is 1. The molecule has 30 heavy (non-hydrogen) atoms. The molecule has 1 aliphatic rings. The van der Waals surface area contributed by atoms with E-state index in [1.54, 1.807) is 5.38 Å². The molecule has 0 aliphatic carbocycles. The number of sulfonamides is 1. The summed E-state index contributed by atoms with van der Waals surface area (Å²) in [6, 6.07) is 8.03. The molecule has 2 aromatic heterocycles. The summed E-state index contributed by atoms with van der Waals surface area (Å²) in [5, 5.41) is 4.89. The first kappa shape index (κ1) is 20.6. The lowest BCUT2D eigenvalue weighted by Crippen LogP contribution is -2.28. The van der Waals surface area contributed by atoms with Crippen molar-refractivity contribution in [3.05, 3.63) is 47.0 Å². The second-order valence-corrected chi connectivity index (χ2v) is 9.64. The van der Waals surface area contributed by atoms with Gasteiger partial charge in [-0.25, -0.2) is 13.4 Å². The SMILES string of the molecule is COc1ccc(C(=O)Nc2nc(-c3ccc(C)o3)cs2)cc1S(=O)(=O)N1CCCC1. The molecule has 1 saturated heterocycles. The summed E-state index contributed by atoms with van der Waals surface area (Å²) in [5.74, 6) is 1.15. The molecule has 0 radical (unpaired) electrons. The van der Waals surface area contributed by atoms with E-state index in [-0.39, 0.29) is 16.2 Å². The number of benzene rings is 1. The van der Waals surface area contributed by atoms with Crippen molar-refractivity contribution in [3.63, 3.8) is 0 Å². The number of carbonyl (C=O) groups excluding carboxylic acids is 1. The quantitative estimate of drug-likeness (QED) is 0.617. The van der Waals surface area contributed by atoms with Crippen molar-refractivity contribution in [1.82, 2.24) is 9.29 Å². The van der Waals surface area contributed by atoms with Crippen molar-refractivity contribution in [2.45, 2.75) is 24.7 Å². The Hall–Kier alpha value is -2.69. The molecule has 3 heterocycles. The van der Waals surface area contributed by atoms with E-state index < -0.39 is 15.9 Å². The summed E-state index contributed by atoms with van der Waals surface area (Å²) in [4.78, 5) is 17.1. The predicted octanol–water partition coefficient (Wildman–Crippen LogP) is 3.76. The average molecular weight is 448 g/mol. The zero-order valence-corrected chi connectivity index (χ0v) is 18.2. The number of rotatable bonds is 6. The van der Waals surface area contributed by atoms with Crippen molar-refractivity contribution < 1.29 is 22.4 Å². The lowest BCUT2D eigenvalue weighted by atomic mass is 10.2. The van der Waals surface area contributed by atoms with Crippen LogP contribution in [-0.4, -0.2) is 43.8 Å². The number of amides is 1. The minimum absolute atomic E-state index is 0.00885. The van der Waals surface area contributed by atoms with Gasteiger partial charge in [0, 0.05) is 24.0 Å². The first-order chi connectivity index (χ1) is 14.4. The standard InChI is InChI=1S/C20H21N3O5S2/c1-13-5-7-16(28-13)15-12-29-20(21-15)22-19(24)14-6-8-17(27-2)18(11-14)30(25,26)23-9-3-4-10-23/h5-8,11-12H,3-4,9-10H2,1-2H3,(H,21,22,24). The number of aryl methyl sites for hydroxylation is 1. The lowest BCUT2D eigenvalue weighted by Gasteiger charge is -2.18. The number of furan rings is 1. The Labute approximate surface area is 178 Å². The fourth-order valence-electron chi connectivity index (χ4n) is 3.27. The fourth-order valence-corrected chi connectivity index (χ4v) is 5.67. The highest BCUT2D eigenvalue weighted by Gasteiger charge is 2.30. The van der Waals surface area contributed by atoms with Crippen molar-refractivity contribution in [1.29, 1.82) is 0 Å². The number of nitrogens with one attached hydrogen (secondary N) is 1. The normalized spacial score (nSPS) is 14.7. The monoisotopic (exact) mass is 447 g/mol. The number of methoxy groups -OCH3 is 1. The van der Waals surface area contributed by atoms with Gasteiger partial charge in [-0.1, -0.05) is 0 Å². The summed E-state index contributed by atoms with van der Waals surface area (Å²) < 4.78 is 38.2. The molecule has 158 valence electrons. The van der Waals surface area contributed by atoms with Gasteiger partial charge in [-0.15, -0.1) is 11.3 Å². The van der Waals surface area contributed by atoms with Crippen molar-refractivity contribution in [2.75, 3.05) is 25.5 Å². The van der Waals surface area contributed by atoms with Gasteiger partial charge < -0.3 is 9.15 Å². The summed E-state index contributed by atoms with van der Waals surface area (Å²) in [7, 11) is -2.33. The maximum absolute atomic E-state index is 13.0. The highest BCUT2D eigenvalue weighted by atomic mass is 32.2. The van der Waals surface area contributed by atoms with Crippen LogP contribution in [0.15, 0.2) is 45.0 Å². The van der Waals surface area contributed by atoms with E-state index in [0.717, 1.165) is 18.6 Å². The second-order valence-electron chi connectivity index (χ2n) is 6.88. The Morgan fingerprint density at radius 1 is 1.23 bits per heavy atom. The number of nitrogens with zero attached hydrogens (tertiary/aromatic N) is 2. The van der Waals surface area contributed by atoms with Crippen LogP contribution in [-0.2, 0) is 10.0 Å². The molecule has 1 N–H and O–H groups in total. The summed E-state index contributed by atoms with van der Waals surface area (Å²) in [6.07, 6.45) is 1.65. The molecular weight excluding hydrogens is 426 g/mol. The molecule has 1 amide bonds. The van der Waals surface area contributed by atoms with Crippen molar-refractivity contribution in [3.8, 4) is 17.2 Å². The van der Waals surface area contributed by atoms with Crippen LogP contribution in [0.1, 0.15) is 29.0 Å². The van der Waals surface area contributed by atoms with E-state index in [2.05, 4.69) is 10.3 Å². The van der Waals surface area contributed by atoms with Crippen molar-refractivity contribution in [2.24, 2.45) is 0 Å². The topological polar surface area (TPSA) is 102 Å². The number of thiazole rings is 1. The van der Waals surface area contributed by atoms with E-state index in [9.17, 15) is 13.2 Å². The van der Waals surface area contributed by atoms with Gasteiger partial charge in [0.05, 0.1) is 7.11 Å². The third kappa shape index (κ3) is 3.98. The highest BCUT2D eigenvalue weighted by molar-refractivity contribution is 7.89. The number of ether oxygens (including phenoxy) is 1. The van der Waals surface area contributed by atoms with E-state index >= 15 is 0 Å². The van der Waals surface area contributed by atoms with Crippen molar-refractivity contribution >= 4 is 32.4 Å². The van der Waals surface area contributed by atoms with E-state index in [4.69, 9.17) is 9.15 Å². The van der Waals surface area contributed by atoms with Crippen LogP contribution in [0.5, 0.6) is 5.75 Å². The Morgan fingerprint density at radius 3 is 2.67 bits per heavy atom. The summed E-state index contributed by atoms with van der Waals surface area (Å²) in [6.45, 7) is 2.78. The van der Waals surface area contributed by atoms with E-state index in [1.807, 2.05) is 19.1 Å². The Kier molecular flexibility index (Phi) is 5.63. The number of hydrogen-bond donors (Lipinski definition) is 1. The van der Waals surface area contributed by atoms with Crippen LogP contribution < -0.4 is 10.1 Å². The molecule has 0 spiro atoms. The summed E-state index contributed by atoms with van der Waals surface area (Å²) >= 11 is 1.26. The van der Waals surface area contributed by atoms with Crippen LogP contribution >= 0.6 is 11.3 Å². The smallest absolute Gasteiger partial charge is 0.257 e. The van der Waals surface area contributed by atoms with E-state index in [0.29, 0.717) is 29.7 Å². The maximum atomic E-state index is 13.0. The molecular formula is C20H21N3O5S2. The van der Waals surface area contributed by atoms with Crippen LogP contribution in [0, 0.1) is 6.92 Å². The molecule has 1 aromatic carbocycles. The number of aromatic nitrogens is 1. The predicted molar refractivity (Wildman–Crippen MR) is 113 cm³/mol. The van der Waals surface area contributed by atoms with Gasteiger partial charge in [0.25, 0.3) is 5.91 Å². The van der Waals surface area contributed by atoms with Crippen LogP contribution in [0.3, 0.4) is 0 Å². The van der Waals surface area contributed by atoms with Gasteiger partial charge >= 0.3 is 0 Å². The zero-order valence-electron chi connectivity index (χ0n) is 16.5. The molecule has 8 nitrogen and oxygen atoms in total. The first-order valence-corrected chi connectivity index (χ1v) is 11.7. The molecule has 10 heteroatoms.